The summed E-state index contributed by atoms with van der Waals surface area (Å²) in [7, 11) is 1.62. The number of ether oxygens (including phenoxy) is 5. The molecule has 5 rings (SSSR count). The quantitative estimate of drug-likeness (QED) is 0.748. The van der Waals surface area contributed by atoms with Gasteiger partial charge in [-0.3, -0.25) is 0 Å². The summed E-state index contributed by atoms with van der Waals surface area (Å²) in [6.45, 7) is 1.30. The van der Waals surface area contributed by atoms with Crippen molar-refractivity contribution in [2.45, 2.75) is 0 Å². The molecule has 0 spiro atoms. The number of rotatable bonds is 1. The van der Waals surface area contributed by atoms with Crippen LogP contribution in [-0.2, 0) is 0 Å². The van der Waals surface area contributed by atoms with Crippen LogP contribution in [0.1, 0.15) is 0 Å². The first-order valence-corrected chi connectivity index (χ1v) is 7.07. The molecule has 112 valence electrons. The number of nitrogens with one attached hydrogen (secondary N) is 1. The van der Waals surface area contributed by atoms with E-state index in [4.69, 9.17) is 23.7 Å². The molecule has 0 radical (unpaired) electrons. The molecule has 0 unspecified atom stereocenters. The highest BCUT2D eigenvalue weighted by molar-refractivity contribution is 6.13. The van der Waals surface area contributed by atoms with Crippen molar-refractivity contribution in [3.63, 3.8) is 0 Å². The molecule has 0 fully saturated rings. The molecule has 0 atom stereocenters. The molecule has 0 saturated carbocycles. The Bertz CT molecular complexity index is 914. The van der Waals surface area contributed by atoms with E-state index in [1.165, 1.54) is 0 Å². The maximum Gasteiger partial charge on any atom is 0.231 e. The molecular weight excluding hydrogens is 286 g/mol. The lowest BCUT2D eigenvalue weighted by molar-refractivity contribution is 0.171. The van der Waals surface area contributed by atoms with E-state index in [0.717, 1.165) is 33.3 Å². The Morgan fingerprint density at radius 3 is 2.64 bits per heavy atom. The third-order valence-electron chi connectivity index (χ3n) is 4.08. The van der Waals surface area contributed by atoms with Crippen molar-refractivity contribution in [1.82, 2.24) is 4.98 Å². The van der Waals surface area contributed by atoms with Gasteiger partial charge in [-0.1, -0.05) is 0 Å². The number of benzene rings is 2. The highest BCUT2D eigenvalue weighted by Gasteiger charge is 2.26. The average molecular weight is 299 g/mol. The van der Waals surface area contributed by atoms with Crippen LogP contribution in [0, 0.1) is 0 Å². The van der Waals surface area contributed by atoms with Crippen molar-refractivity contribution in [3.8, 4) is 28.7 Å². The molecule has 1 N–H and O–H groups in total. The van der Waals surface area contributed by atoms with Gasteiger partial charge in [0.25, 0.3) is 0 Å². The second-order valence-corrected chi connectivity index (χ2v) is 5.20. The van der Waals surface area contributed by atoms with Crippen LogP contribution in [0.2, 0.25) is 0 Å². The van der Waals surface area contributed by atoms with Crippen LogP contribution >= 0.6 is 0 Å². The van der Waals surface area contributed by atoms with Gasteiger partial charge in [-0.15, -0.1) is 0 Å². The molecule has 3 heterocycles. The van der Waals surface area contributed by atoms with E-state index < -0.39 is 0 Å². The highest BCUT2D eigenvalue weighted by Crippen LogP contribution is 2.49. The first-order valence-electron chi connectivity index (χ1n) is 7.07. The smallest absolute Gasteiger partial charge is 0.231 e. The Labute approximate surface area is 125 Å². The van der Waals surface area contributed by atoms with Crippen molar-refractivity contribution in [1.29, 1.82) is 0 Å². The second kappa shape index (κ2) is 4.13. The molecule has 0 saturated heterocycles. The highest BCUT2D eigenvalue weighted by atomic mass is 16.7. The zero-order valence-corrected chi connectivity index (χ0v) is 11.9. The molecule has 2 aromatic carbocycles. The van der Waals surface area contributed by atoms with Gasteiger partial charge in [0.05, 0.1) is 18.1 Å². The molecule has 2 aliphatic rings. The standard InChI is InChI=1S/C16H13NO5/c1-18-11-6-9-8-2-3-10-14(20-5-4-19-10)12(8)17-13(9)16-15(11)21-7-22-16/h2-3,6,17H,4-5,7H2,1H3. The minimum atomic E-state index is 0.192. The van der Waals surface area contributed by atoms with E-state index in [9.17, 15) is 0 Å². The maximum absolute atomic E-state index is 5.78. The van der Waals surface area contributed by atoms with E-state index in [1.54, 1.807) is 7.11 Å². The van der Waals surface area contributed by atoms with E-state index in [0.29, 0.717) is 30.5 Å². The second-order valence-electron chi connectivity index (χ2n) is 5.20. The minimum Gasteiger partial charge on any atom is -0.493 e. The molecule has 0 aliphatic carbocycles. The van der Waals surface area contributed by atoms with E-state index in [2.05, 4.69) is 4.98 Å². The molecule has 2 aliphatic heterocycles. The fraction of sp³-hybridized carbons (Fsp3) is 0.250. The maximum atomic E-state index is 5.78. The van der Waals surface area contributed by atoms with Crippen LogP contribution in [0.3, 0.4) is 0 Å². The lowest BCUT2D eigenvalue weighted by Gasteiger charge is -2.18. The van der Waals surface area contributed by atoms with Gasteiger partial charge in [-0.2, -0.15) is 0 Å². The zero-order valence-electron chi connectivity index (χ0n) is 11.9. The summed E-state index contributed by atoms with van der Waals surface area (Å²) < 4.78 is 28.0. The van der Waals surface area contributed by atoms with Gasteiger partial charge in [-0.25, -0.2) is 0 Å². The number of hydrogen-bond acceptors (Lipinski definition) is 5. The SMILES string of the molecule is COc1cc2c([nH]c3c4c(ccc32)OCCO4)c2c1OCO2. The van der Waals surface area contributed by atoms with Crippen LogP contribution in [-0.4, -0.2) is 32.1 Å². The lowest BCUT2D eigenvalue weighted by Crippen LogP contribution is -2.15. The molecule has 6 heteroatoms. The Hall–Kier alpha value is -2.76. The molecule has 0 bridgehead atoms. The largest absolute Gasteiger partial charge is 0.493 e. The van der Waals surface area contributed by atoms with Crippen LogP contribution in [0.25, 0.3) is 21.8 Å². The van der Waals surface area contributed by atoms with E-state index in [-0.39, 0.29) is 6.79 Å². The van der Waals surface area contributed by atoms with Gasteiger partial charge in [0, 0.05) is 10.8 Å². The summed E-state index contributed by atoms with van der Waals surface area (Å²) in [5.74, 6) is 3.47. The number of hydrogen-bond donors (Lipinski definition) is 1. The first kappa shape index (κ1) is 11.9. The summed E-state index contributed by atoms with van der Waals surface area (Å²) in [6.07, 6.45) is 0. The predicted octanol–water partition coefficient (Wildman–Crippen LogP) is 2.83. The van der Waals surface area contributed by atoms with Crippen LogP contribution in [0.15, 0.2) is 18.2 Å². The molecule has 6 nitrogen and oxygen atoms in total. The van der Waals surface area contributed by atoms with Gasteiger partial charge in [-0.05, 0) is 18.2 Å². The fourth-order valence-corrected chi connectivity index (χ4v) is 3.12. The summed E-state index contributed by atoms with van der Waals surface area (Å²) in [5.41, 5.74) is 1.78. The normalized spacial score (nSPS) is 15.5. The average Bonchev–Trinajstić information content (AvgIpc) is 3.18. The summed E-state index contributed by atoms with van der Waals surface area (Å²) >= 11 is 0. The van der Waals surface area contributed by atoms with Gasteiger partial charge in [0.1, 0.15) is 13.2 Å². The van der Waals surface area contributed by atoms with Gasteiger partial charge >= 0.3 is 0 Å². The summed E-state index contributed by atoms with van der Waals surface area (Å²) in [6, 6.07) is 5.91. The molecule has 1 aromatic heterocycles. The van der Waals surface area contributed by atoms with Crippen molar-refractivity contribution in [3.05, 3.63) is 18.2 Å². The molecule has 22 heavy (non-hydrogen) atoms. The third-order valence-corrected chi connectivity index (χ3v) is 4.08. The van der Waals surface area contributed by atoms with Crippen LogP contribution in [0.4, 0.5) is 0 Å². The van der Waals surface area contributed by atoms with Crippen molar-refractivity contribution in [2.24, 2.45) is 0 Å². The van der Waals surface area contributed by atoms with E-state index in [1.807, 2.05) is 18.2 Å². The molecule has 0 amide bonds. The lowest BCUT2D eigenvalue weighted by atomic mass is 10.1. The monoisotopic (exact) mass is 299 g/mol. The summed E-state index contributed by atoms with van der Waals surface area (Å²) in [5, 5.41) is 2.05. The Morgan fingerprint density at radius 1 is 0.909 bits per heavy atom. The zero-order chi connectivity index (χ0) is 14.7. The Balaban J connectivity index is 1.91. The molecule has 3 aromatic rings. The van der Waals surface area contributed by atoms with Crippen LogP contribution < -0.4 is 23.7 Å². The number of aromatic nitrogens is 1. The Morgan fingerprint density at radius 2 is 1.73 bits per heavy atom. The van der Waals surface area contributed by atoms with Gasteiger partial charge < -0.3 is 28.7 Å². The Kier molecular flexibility index (Phi) is 2.22. The summed E-state index contributed by atoms with van der Waals surface area (Å²) in [4.78, 5) is 3.39. The van der Waals surface area contributed by atoms with Crippen LogP contribution in [0.5, 0.6) is 28.7 Å². The van der Waals surface area contributed by atoms with Gasteiger partial charge in [0.15, 0.2) is 23.0 Å². The number of H-pyrrole nitrogens is 1. The number of methoxy groups -OCH3 is 1. The number of aromatic amines is 1. The third kappa shape index (κ3) is 1.39. The fourth-order valence-electron chi connectivity index (χ4n) is 3.12. The predicted molar refractivity (Wildman–Crippen MR) is 79.5 cm³/mol. The van der Waals surface area contributed by atoms with Gasteiger partial charge in [0.2, 0.25) is 12.5 Å². The van der Waals surface area contributed by atoms with E-state index >= 15 is 0 Å². The van der Waals surface area contributed by atoms with Crippen molar-refractivity contribution in [2.75, 3.05) is 27.1 Å². The number of fused-ring (bicyclic) bond motifs is 7. The molecular formula is C16H13NO5. The van der Waals surface area contributed by atoms with Crippen molar-refractivity contribution >= 4 is 21.8 Å². The first-order chi connectivity index (χ1) is 10.9. The minimum absolute atomic E-state index is 0.192. The topological polar surface area (TPSA) is 61.9 Å². The van der Waals surface area contributed by atoms with Crippen molar-refractivity contribution < 1.29 is 23.7 Å².